The molecule has 6 heteroatoms. The number of hydrogen-bond acceptors (Lipinski definition) is 4. The third kappa shape index (κ3) is 4.17. The van der Waals surface area contributed by atoms with Crippen molar-refractivity contribution in [3.05, 3.63) is 84.3 Å². The molecule has 6 nitrogen and oxygen atoms in total. The molecule has 4 rings (SSSR count). The highest BCUT2D eigenvalue weighted by molar-refractivity contribution is 5.80. The summed E-state index contributed by atoms with van der Waals surface area (Å²) in [5, 5.41) is 6.48. The van der Waals surface area contributed by atoms with Crippen molar-refractivity contribution in [2.75, 3.05) is 11.9 Å². The number of anilines is 1. The third-order valence-corrected chi connectivity index (χ3v) is 5.15. The molecule has 0 saturated carbocycles. The Morgan fingerprint density at radius 1 is 1.10 bits per heavy atom. The van der Waals surface area contributed by atoms with Gasteiger partial charge in [-0.15, -0.1) is 0 Å². The molecule has 0 spiro atoms. The van der Waals surface area contributed by atoms with Crippen molar-refractivity contribution in [1.29, 1.82) is 0 Å². The molecule has 1 atom stereocenters. The summed E-state index contributed by atoms with van der Waals surface area (Å²) in [5.74, 6) is 0.873. The Morgan fingerprint density at radius 2 is 1.87 bits per heavy atom. The molecular weight excluding hydrogens is 374 g/mol. The van der Waals surface area contributed by atoms with Crippen molar-refractivity contribution < 1.29 is 4.79 Å². The lowest BCUT2D eigenvalue weighted by molar-refractivity contribution is -0.121. The molecule has 0 unspecified atom stereocenters. The van der Waals surface area contributed by atoms with E-state index in [0.29, 0.717) is 13.0 Å². The highest BCUT2D eigenvalue weighted by Crippen LogP contribution is 2.30. The average Bonchev–Trinajstić information content (AvgIpc) is 3.13. The number of aromatic nitrogens is 3. The first-order chi connectivity index (χ1) is 14.6. The number of benzene rings is 2. The van der Waals surface area contributed by atoms with Crippen LogP contribution in [-0.2, 0) is 4.79 Å². The van der Waals surface area contributed by atoms with Crippen LogP contribution in [0.5, 0.6) is 0 Å². The lowest BCUT2D eigenvalue weighted by Crippen LogP contribution is -2.28. The second-order valence-corrected chi connectivity index (χ2v) is 7.31. The molecular formula is C24H25N5O. The summed E-state index contributed by atoms with van der Waals surface area (Å²) in [7, 11) is 0. The van der Waals surface area contributed by atoms with E-state index in [-0.39, 0.29) is 11.9 Å². The number of aryl methyl sites for hydroxylation is 1. The van der Waals surface area contributed by atoms with E-state index in [9.17, 15) is 4.79 Å². The standard InChI is InChI=1S/C24H25N5O/c1-17-8-6-7-11-20(17)23-24(29-15-14-25-16-21(29)28-23)26-13-12-22(30)27-18(2)19-9-4-3-5-10-19/h3-11,14-16,18,26H,12-13H2,1-2H3,(H,27,30)/t18-/m1/s1. The predicted molar refractivity (Wildman–Crippen MR) is 119 cm³/mol. The summed E-state index contributed by atoms with van der Waals surface area (Å²) < 4.78 is 1.97. The van der Waals surface area contributed by atoms with E-state index in [2.05, 4.69) is 34.7 Å². The first kappa shape index (κ1) is 19.6. The van der Waals surface area contributed by atoms with E-state index in [0.717, 1.165) is 33.8 Å². The van der Waals surface area contributed by atoms with Crippen molar-refractivity contribution in [2.45, 2.75) is 26.3 Å². The Labute approximate surface area is 176 Å². The molecule has 0 aliphatic heterocycles. The van der Waals surface area contributed by atoms with Crippen molar-refractivity contribution in [3.63, 3.8) is 0 Å². The van der Waals surface area contributed by atoms with E-state index in [4.69, 9.17) is 4.98 Å². The Balaban J connectivity index is 1.48. The third-order valence-electron chi connectivity index (χ3n) is 5.15. The molecule has 0 radical (unpaired) electrons. The molecule has 2 heterocycles. The minimum atomic E-state index is -0.0249. The van der Waals surface area contributed by atoms with Gasteiger partial charge in [0, 0.05) is 30.9 Å². The SMILES string of the molecule is Cc1ccccc1-c1nc2cnccn2c1NCCC(=O)N[C@H](C)c1ccccc1. The molecule has 30 heavy (non-hydrogen) atoms. The molecule has 2 aromatic heterocycles. The predicted octanol–water partition coefficient (Wildman–Crippen LogP) is 4.38. The molecule has 4 aromatic rings. The van der Waals surface area contributed by atoms with E-state index in [1.807, 2.05) is 60.0 Å². The monoisotopic (exact) mass is 399 g/mol. The van der Waals surface area contributed by atoms with Crippen LogP contribution in [0.25, 0.3) is 16.9 Å². The number of imidazole rings is 1. The van der Waals surface area contributed by atoms with Crippen LogP contribution in [-0.4, -0.2) is 26.8 Å². The number of fused-ring (bicyclic) bond motifs is 1. The molecule has 0 bridgehead atoms. The number of carbonyl (C=O) groups excluding carboxylic acids is 1. The van der Waals surface area contributed by atoms with Crippen LogP contribution in [0.2, 0.25) is 0 Å². The molecule has 0 aliphatic carbocycles. The number of amides is 1. The smallest absolute Gasteiger partial charge is 0.222 e. The van der Waals surface area contributed by atoms with Gasteiger partial charge in [0.05, 0.1) is 12.2 Å². The van der Waals surface area contributed by atoms with Crippen LogP contribution in [0.1, 0.15) is 30.5 Å². The zero-order valence-electron chi connectivity index (χ0n) is 17.2. The van der Waals surface area contributed by atoms with Gasteiger partial charge in [0.2, 0.25) is 5.91 Å². The fraction of sp³-hybridized carbons (Fsp3) is 0.208. The molecule has 1 amide bonds. The molecule has 0 saturated heterocycles. The molecule has 152 valence electrons. The van der Waals surface area contributed by atoms with Crippen LogP contribution in [0.3, 0.4) is 0 Å². The summed E-state index contributed by atoms with van der Waals surface area (Å²) >= 11 is 0. The van der Waals surface area contributed by atoms with Crippen molar-refractivity contribution >= 4 is 17.4 Å². The summed E-state index contributed by atoms with van der Waals surface area (Å²) in [6.45, 7) is 4.57. The van der Waals surface area contributed by atoms with E-state index in [1.54, 1.807) is 12.4 Å². The molecule has 0 aliphatic rings. The maximum atomic E-state index is 12.4. The van der Waals surface area contributed by atoms with Crippen LogP contribution < -0.4 is 10.6 Å². The maximum Gasteiger partial charge on any atom is 0.222 e. The molecule has 0 fully saturated rings. The topological polar surface area (TPSA) is 71.3 Å². The first-order valence-electron chi connectivity index (χ1n) is 10.1. The number of hydrogen-bond donors (Lipinski definition) is 2. The lowest BCUT2D eigenvalue weighted by Gasteiger charge is -2.15. The van der Waals surface area contributed by atoms with Gasteiger partial charge in [0.25, 0.3) is 0 Å². The first-order valence-corrected chi connectivity index (χ1v) is 10.1. The number of carbonyl (C=O) groups is 1. The zero-order chi connectivity index (χ0) is 20.9. The minimum absolute atomic E-state index is 0.00628. The molecule has 2 aromatic carbocycles. The highest BCUT2D eigenvalue weighted by Gasteiger charge is 2.16. The van der Waals surface area contributed by atoms with Gasteiger partial charge < -0.3 is 10.6 Å². The summed E-state index contributed by atoms with van der Waals surface area (Å²) in [5.41, 5.74) is 4.92. The van der Waals surface area contributed by atoms with Gasteiger partial charge in [-0.05, 0) is 25.0 Å². The van der Waals surface area contributed by atoms with Gasteiger partial charge in [-0.2, -0.15) is 0 Å². The Morgan fingerprint density at radius 3 is 2.67 bits per heavy atom. The van der Waals surface area contributed by atoms with E-state index in [1.165, 1.54) is 0 Å². The largest absolute Gasteiger partial charge is 0.369 e. The van der Waals surface area contributed by atoms with Crippen LogP contribution in [0, 0.1) is 6.92 Å². The maximum absolute atomic E-state index is 12.4. The van der Waals surface area contributed by atoms with Crippen molar-refractivity contribution in [3.8, 4) is 11.3 Å². The summed E-state index contributed by atoms with van der Waals surface area (Å²) in [6.07, 6.45) is 5.71. The Bertz CT molecular complexity index is 1150. The van der Waals surface area contributed by atoms with Gasteiger partial charge in [-0.25, -0.2) is 4.98 Å². The number of nitrogens with one attached hydrogen (secondary N) is 2. The quantitative estimate of drug-likeness (QED) is 0.484. The van der Waals surface area contributed by atoms with Crippen LogP contribution >= 0.6 is 0 Å². The normalized spacial score (nSPS) is 11.9. The van der Waals surface area contributed by atoms with Crippen LogP contribution in [0.4, 0.5) is 5.82 Å². The molecule has 2 N–H and O–H groups in total. The number of rotatable bonds is 7. The Hall–Kier alpha value is -3.67. The van der Waals surface area contributed by atoms with E-state index >= 15 is 0 Å². The fourth-order valence-corrected chi connectivity index (χ4v) is 3.54. The second-order valence-electron chi connectivity index (χ2n) is 7.31. The number of nitrogens with zero attached hydrogens (tertiary/aromatic N) is 3. The van der Waals surface area contributed by atoms with Crippen molar-refractivity contribution in [2.24, 2.45) is 0 Å². The fourth-order valence-electron chi connectivity index (χ4n) is 3.54. The van der Waals surface area contributed by atoms with Gasteiger partial charge in [0.1, 0.15) is 11.5 Å². The second kappa shape index (κ2) is 8.78. The van der Waals surface area contributed by atoms with Gasteiger partial charge in [0.15, 0.2) is 5.65 Å². The zero-order valence-corrected chi connectivity index (χ0v) is 17.2. The lowest BCUT2D eigenvalue weighted by atomic mass is 10.1. The highest BCUT2D eigenvalue weighted by atomic mass is 16.1. The van der Waals surface area contributed by atoms with Crippen molar-refractivity contribution in [1.82, 2.24) is 19.7 Å². The summed E-state index contributed by atoms with van der Waals surface area (Å²) in [4.78, 5) is 21.4. The van der Waals surface area contributed by atoms with Gasteiger partial charge in [-0.1, -0.05) is 54.6 Å². The van der Waals surface area contributed by atoms with E-state index < -0.39 is 0 Å². The minimum Gasteiger partial charge on any atom is -0.369 e. The summed E-state index contributed by atoms with van der Waals surface area (Å²) in [6, 6.07) is 18.1. The van der Waals surface area contributed by atoms with Gasteiger partial charge >= 0.3 is 0 Å². The average molecular weight is 399 g/mol. The Kier molecular flexibility index (Phi) is 5.75. The van der Waals surface area contributed by atoms with Gasteiger partial charge in [-0.3, -0.25) is 14.2 Å². The van der Waals surface area contributed by atoms with Crippen LogP contribution in [0.15, 0.2) is 73.2 Å².